The third-order valence-electron chi connectivity index (χ3n) is 4.06. The fourth-order valence-electron chi connectivity index (χ4n) is 3.00. The van der Waals surface area contributed by atoms with Crippen LogP contribution in [0.15, 0.2) is 25.3 Å². The Morgan fingerprint density at radius 1 is 0.722 bits per heavy atom. The van der Waals surface area contributed by atoms with Crippen LogP contribution in [0.1, 0.15) is 64.2 Å². The third kappa shape index (κ3) is 6.39. The van der Waals surface area contributed by atoms with Gasteiger partial charge in [0.1, 0.15) is 0 Å². The first-order chi connectivity index (χ1) is 8.88. The molecule has 1 nitrogen and oxygen atoms in total. The highest BCUT2D eigenvalue weighted by Gasteiger charge is 2.24. The van der Waals surface area contributed by atoms with Crippen molar-refractivity contribution in [2.75, 3.05) is 6.61 Å². The van der Waals surface area contributed by atoms with Gasteiger partial charge in [-0.3, -0.25) is 0 Å². The molecule has 1 aliphatic carbocycles. The second-order valence-electron chi connectivity index (χ2n) is 5.48. The Morgan fingerprint density at radius 3 is 1.89 bits per heavy atom. The number of hydrogen-bond donors (Lipinski definition) is 0. The molecule has 1 saturated heterocycles. The molecule has 1 heterocycles. The molecule has 2 fully saturated rings. The summed E-state index contributed by atoms with van der Waals surface area (Å²) in [6.45, 7) is 7.75. The van der Waals surface area contributed by atoms with Crippen molar-refractivity contribution in [3.05, 3.63) is 25.3 Å². The van der Waals surface area contributed by atoms with Crippen LogP contribution in [0.4, 0.5) is 0 Å². The van der Waals surface area contributed by atoms with Gasteiger partial charge in [-0.2, -0.15) is 0 Å². The minimum Gasteiger partial charge on any atom is -0.378 e. The van der Waals surface area contributed by atoms with E-state index in [1.165, 1.54) is 64.2 Å². The Balaban J connectivity index is 0.000000357. The molecule has 104 valence electrons. The number of rotatable bonds is 2. The van der Waals surface area contributed by atoms with E-state index in [-0.39, 0.29) is 0 Å². The lowest BCUT2D eigenvalue weighted by Crippen LogP contribution is -2.23. The zero-order chi connectivity index (χ0) is 13.1. The highest BCUT2D eigenvalue weighted by Crippen LogP contribution is 2.30. The minimum atomic E-state index is 0.621. The van der Waals surface area contributed by atoms with Gasteiger partial charge < -0.3 is 4.74 Å². The quantitative estimate of drug-likeness (QED) is 0.479. The van der Waals surface area contributed by atoms with E-state index in [2.05, 4.69) is 13.2 Å². The van der Waals surface area contributed by atoms with Crippen LogP contribution in [0.5, 0.6) is 0 Å². The van der Waals surface area contributed by atoms with E-state index in [4.69, 9.17) is 4.74 Å². The maximum absolute atomic E-state index is 6.00. The van der Waals surface area contributed by atoms with Crippen molar-refractivity contribution < 1.29 is 4.74 Å². The summed E-state index contributed by atoms with van der Waals surface area (Å²) in [6.07, 6.45) is 18.0. The van der Waals surface area contributed by atoms with Crippen molar-refractivity contribution in [1.29, 1.82) is 0 Å². The predicted molar refractivity (Wildman–Crippen MR) is 79.8 cm³/mol. The van der Waals surface area contributed by atoms with Gasteiger partial charge in [0.2, 0.25) is 0 Å². The van der Waals surface area contributed by atoms with Gasteiger partial charge >= 0.3 is 0 Å². The first-order valence-corrected chi connectivity index (χ1v) is 7.73. The van der Waals surface area contributed by atoms with E-state index in [1.807, 2.05) is 0 Å². The first-order valence-electron chi connectivity index (χ1n) is 7.73. The zero-order valence-electron chi connectivity index (χ0n) is 11.9. The number of hydrogen-bond acceptors (Lipinski definition) is 1. The summed E-state index contributed by atoms with van der Waals surface area (Å²) < 4.78 is 6.00. The van der Waals surface area contributed by atoms with Crippen LogP contribution in [0.3, 0.4) is 0 Å². The lowest BCUT2D eigenvalue weighted by atomic mass is 9.91. The normalized spacial score (nSPS) is 26.1. The predicted octanol–water partition coefficient (Wildman–Crippen LogP) is 5.27. The van der Waals surface area contributed by atoms with E-state index >= 15 is 0 Å². The Kier molecular flexibility index (Phi) is 8.93. The van der Waals surface area contributed by atoms with Crippen LogP contribution in [0, 0.1) is 5.92 Å². The summed E-state index contributed by atoms with van der Waals surface area (Å²) in [5, 5.41) is 0. The smallest absolute Gasteiger partial charge is 0.0603 e. The van der Waals surface area contributed by atoms with Crippen molar-refractivity contribution in [3.63, 3.8) is 0 Å². The van der Waals surface area contributed by atoms with Gasteiger partial charge in [-0.1, -0.05) is 63.8 Å². The molecule has 0 radical (unpaired) electrons. The number of allylic oxidation sites excluding steroid dienone is 2. The maximum Gasteiger partial charge on any atom is 0.0603 e. The van der Waals surface area contributed by atoms with Crippen LogP contribution in [-0.4, -0.2) is 12.7 Å². The second kappa shape index (κ2) is 10.4. The monoisotopic (exact) mass is 250 g/mol. The molecular weight excluding hydrogens is 220 g/mol. The summed E-state index contributed by atoms with van der Waals surface area (Å²) in [4.78, 5) is 0. The van der Waals surface area contributed by atoms with Gasteiger partial charge in [0, 0.05) is 6.61 Å². The van der Waals surface area contributed by atoms with Crippen molar-refractivity contribution in [1.82, 2.24) is 0 Å². The SMILES string of the molecule is C1CCCC(C2CCCCCO2)CC1.C=CC=C. The van der Waals surface area contributed by atoms with E-state index in [9.17, 15) is 0 Å². The summed E-state index contributed by atoms with van der Waals surface area (Å²) in [5.41, 5.74) is 0. The van der Waals surface area contributed by atoms with Gasteiger partial charge in [0.25, 0.3) is 0 Å². The molecule has 0 spiro atoms. The highest BCUT2D eigenvalue weighted by atomic mass is 16.5. The van der Waals surface area contributed by atoms with Gasteiger partial charge in [0.15, 0.2) is 0 Å². The lowest BCUT2D eigenvalue weighted by Gasteiger charge is -2.24. The van der Waals surface area contributed by atoms with E-state index in [1.54, 1.807) is 12.2 Å². The van der Waals surface area contributed by atoms with Crippen LogP contribution in [0.25, 0.3) is 0 Å². The minimum absolute atomic E-state index is 0.621. The molecule has 0 amide bonds. The van der Waals surface area contributed by atoms with Crippen LogP contribution >= 0.6 is 0 Å². The fraction of sp³-hybridized carbons (Fsp3) is 0.765. The molecule has 1 unspecified atom stereocenters. The zero-order valence-corrected chi connectivity index (χ0v) is 11.9. The van der Waals surface area contributed by atoms with Crippen LogP contribution < -0.4 is 0 Å². The average molecular weight is 250 g/mol. The summed E-state index contributed by atoms with van der Waals surface area (Å²) in [5.74, 6) is 0.899. The first kappa shape index (κ1) is 15.5. The third-order valence-corrected chi connectivity index (χ3v) is 4.06. The van der Waals surface area contributed by atoms with Gasteiger partial charge in [-0.05, 0) is 31.6 Å². The van der Waals surface area contributed by atoms with E-state index < -0.39 is 0 Å². The highest BCUT2D eigenvalue weighted by molar-refractivity contribution is 4.88. The van der Waals surface area contributed by atoms with Crippen LogP contribution in [-0.2, 0) is 4.74 Å². The van der Waals surface area contributed by atoms with E-state index in [0.717, 1.165) is 12.5 Å². The van der Waals surface area contributed by atoms with Gasteiger partial charge in [-0.15, -0.1) is 0 Å². The molecule has 18 heavy (non-hydrogen) atoms. The number of ether oxygens (including phenoxy) is 1. The average Bonchev–Trinajstić information content (AvgIpc) is 2.83. The molecule has 0 N–H and O–H groups in total. The molecule has 0 aromatic heterocycles. The molecule has 2 aliphatic rings. The van der Waals surface area contributed by atoms with Crippen molar-refractivity contribution >= 4 is 0 Å². The lowest BCUT2D eigenvalue weighted by molar-refractivity contribution is 0.0116. The molecule has 1 heteroatoms. The van der Waals surface area contributed by atoms with Crippen molar-refractivity contribution in [3.8, 4) is 0 Å². The summed E-state index contributed by atoms with van der Waals surface area (Å²) in [7, 11) is 0. The van der Waals surface area contributed by atoms with Crippen LogP contribution in [0.2, 0.25) is 0 Å². The molecule has 1 aliphatic heterocycles. The Morgan fingerprint density at radius 2 is 1.28 bits per heavy atom. The Hall–Kier alpha value is -0.560. The van der Waals surface area contributed by atoms with Crippen molar-refractivity contribution in [2.45, 2.75) is 70.3 Å². The van der Waals surface area contributed by atoms with Gasteiger partial charge in [0.05, 0.1) is 6.10 Å². The second-order valence-corrected chi connectivity index (χ2v) is 5.48. The molecular formula is C17H30O. The molecule has 1 saturated carbocycles. The molecule has 0 aromatic carbocycles. The fourth-order valence-corrected chi connectivity index (χ4v) is 3.00. The molecule has 0 bridgehead atoms. The standard InChI is InChI=1S/C13H24O.C4H6/c1-2-5-9-12(8-4-1)13-10-6-3-7-11-14-13;1-3-4-2/h12-13H,1-11H2;3-4H,1-2H2. The summed E-state index contributed by atoms with van der Waals surface area (Å²) in [6, 6.07) is 0. The molecule has 1 atom stereocenters. The summed E-state index contributed by atoms with van der Waals surface area (Å²) >= 11 is 0. The maximum atomic E-state index is 6.00. The van der Waals surface area contributed by atoms with Crippen molar-refractivity contribution in [2.24, 2.45) is 5.92 Å². The molecule has 2 rings (SSSR count). The Labute approximate surface area is 113 Å². The molecule has 0 aromatic rings. The van der Waals surface area contributed by atoms with E-state index in [0.29, 0.717) is 6.10 Å². The Bertz CT molecular complexity index is 182. The topological polar surface area (TPSA) is 9.23 Å². The van der Waals surface area contributed by atoms with Gasteiger partial charge in [-0.25, -0.2) is 0 Å². The largest absolute Gasteiger partial charge is 0.378 e.